The first-order valence-electron chi connectivity index (χ1n) is 3.31. The second-order valence-corrected chi connectivity index (χ2v) is 3.13. The minimum Gasteiger partial charge on any atom is -0.267 e. The van der Waals surface area contributed by atoms with Crippen LogP contribution in [0.5, 0.6) is 0 Å². The third-order valence-electron chi connectivity index (χ3n) is 1.63. The molecular weight excluding hydrogens is 215 g/mol. The smallest absolute Gasteiger partial charge is 0.267 e. The molecule has 2 aliphatic heterocycles. The van der Waals surface area contributed by atoms with Crippen LogP contribution in [0.3, 0.4) is 0 Å². The summed E-state index contributed by atoms with van der Waals surface area (Å²) in [5.74, 6) is -0.983. The van der Waals surface area contributed by atoms with E-state index < -0.39 is 11.8 Å². The molecule has 2 heterocycles. The van der Waals surface area contributed by atoms with Crippen LogP contribution >= 0.6 is 23.2 Å². The number of carbonyl (C=O) groups is 2. The summed E-state index contributed by atoms with van der Waals surface area (Å²) in [6, 6.07) is 0. The lowest BCUT2D eigenvalue weighted by atomic mass is 10.4. The summed E-state index contributed by atoms with van der Waals surface area (Å²) in [5.41, 5.74) is 0. The molecule has 4 nitrogen and oxygen atoms in total. The molecular formula is C7H2Cl2N2O2. The highest BCUT2D eigenvalue weighted by Crippen LogP contribution is 2.27. The first kappa shape index (κ1) is 8.47. The summed E-state index contributed by atoms with van der Waals surface area (Å²) >= 11 is 11.0. The van der Waals surface area contributed by atoms with Gasteiger partial charge in [-0.05, 0) is 6.08 Å². The summed E-state index contributed by atoms with van der Waals surface area (Å²) in [7, 11) is 0. The van der Waals surface area contributed by atoms with Gasteiger partial charge in [0.1, 0.15) is 15.9 Å². The van der Waals surface area contributed by atoms with Gasteiger partial charge in [0.15, 0.2) is 0 Å². The minimum absolute atomic E-state index is 0.255. The molecule has 0 bridgehead atoms. The third-order valence-corrected chi connectivity index (χ3v) is 2.43. The normalized spacial score (nSPS) is 21.1. The molecule has 13 heavy (non-hydrogen) atoms. The van der Waals surface area contributed by atoms with E-state index in [-0.39, 0.29) is 15.9 Å². The molecule has 0 aromatic carbocycles. The Morgan fingerprint density at radius 2 is 1.62 bits per heavy atom. The molecule has 0 spiro atoms. The van der Waals surface area contributed by atoms with Crippen molar-refractivity contribution >= 4 is 40.9 Å². The van der Waals surface area contributed by atoms with Crippen LogP contribution in [0.1, 0.15) is 0 Å². The van der Waals surface area contributed by atoms with Crippen LogP contribution in [-0.4, -0.2) is 22.5 Å². The average Bonchev–Trinajstić information content (AvgIpc) is 2.19. The van der Waals surface area contributed by atoms with Crippen LogP contribution in [0, 0.1) is 0 Å². The van der Waals surface area contributed by atoms with Crippen molar-refractivity contribution in [3.63, 3.8) is 0 Å². The number of rotatable bonds is 0. The Morgan fingerprint density at radius 1 is 1.15 bits per heavy atom. The van der Waals surface area contributed by atoms with Crippen molar-refractivity contribution in [1.82, 2.24) is 4.90 Å². The first-order valence-corrected chi connectivity index (χ1v) is 4.07. The summed E-state index contributed by atoms with van der Waals surface area (Å²) in [6.45, 7) is 0. The summed E-state index contributed by atoms with van der Waals surface area (Å²) in [4.78, 5) is 27.1. The lowest BCUT2D eigenvalue weighted by Gasteiger charge is -2.16. The van der Waals surface area contributed by atoms with Crippen molar-refractivity contribution in [3.05, 3.63) is 22.3 Å². The van der Waals surface area contributed by atoms with Crippen LogP contribution < -0.4 is 0 Å². The fraction of sp³-hybridized carbons (Fsp3) is 0. The van der Waals surface area contributed by atoms with E-state index in [2.05, 4.69) is 4.99 Å². The van der Waals surface area contributed by atoms with Crippen LogP contribution in [0.4, 0.5) is 0 Å². The Balaban J connectivity index is 2.37. The largest absolute Gasteiger partial charge is 0.279 e. The van der Waals surface area contributed by atoms with Gasteiger partial charge in [-0.15, -0.1) is 0 Å². The Morgan fingerprint density at radius 3 is 1.92 bits per heavy atom. The highest BCUT2D eigenvalue weighted by Gasteiger charge is 2.39. The highest BCUT2D eigenvalue weighted by atomic mass is 35.5. The Kier molecular flexibility index (Phi) is 1.75. The van der Waals surface area contributed by atoms with Gasteiger partial charge < -0.3 is 0 Å². The fourth-order valence-corrected chi connectivity index (χ4v) is 1.29. The van der Waals surface area contributed by atoms with Crippen molar-refractivity contribution in [1.29, 1.82) is 0 Å². The molecule has 6 heteroatoms. The fourth-order valence-electron chi connectivity index (χ4n) is 0.958. The van der Waals surface area contributed by atoms with E-state index in [0.29, 0.717) is 0 Å². The predicted octanol–water partition coefficient (Wildman–Crippen LogP) is 0.970. The summed E-state index contributed by atoms with van der Waals surface area (Å²) in [6.07, 6.45) is 2.99. The number of imide groups is 1. The maximum atomic E-state index is 11.3. The van der Waals surface area contributed by atoms with Crippen molar-refractivity contribution in [2.24, 2.45) is 4.99 Å². The van der Waals surface area contributed by atoms with Gasteiger partial charge in [0.2, 0.25) is 0 Å². The predicted molar refractivity (Wildman–Crippen MR) is 47.2 cm³/mol. The molecule has 66 valence electrons. The van der Waals surface area contributed by atoms with E-state index in [1.54, 1.807) is 0 Å². The van der Waals surface area contributed by atoms with Gasteiger partial charge in [-0.25, -0.2) is 9.89 Å². The number of carbonyl (C=O) groups excluding carboxylic acids is 2. The van der Waals surface area contributed by atoms with Gasteiger partial charge in [-0.2, -0.15) is 0 Å². The van der Waals surface area contributed by atoms with Gasteiger partial charge in [0.25, 0.3) is 11.8 Å². The van der Waals surface area contributed by atoms with Crippen molar-refractivity contribution < 1.29 is 9.59 Å². The average molecular weight is 217 g/mol. The van der Waals surface area contributed by atoms with Gasteiger partial charge in [-0.1, -0.05) is 23.2 Å². The third kappa shape index (κ3) is 1.03. The van der Waals surface area contributed by atoms with Crippen LogP contribution in [-0.2, 0) is 9.59 Å². The van der Waals surface area contributed by atoms with Crippen LogP contribution in [0.15, 0.2) is 27.3 Å². The maximum Gasteiger partial charge on any atom is 0.279 e. The van der Waals surface area contributed by atoms with Gasteiger partial charge in [0, 0.05) is 6.20 Å². The topological polar surface area (TPSA) is 49.7 Å². The molecule has 2 rings (SSSR count). The van der Waals surface area contributed by atoms with E-state index >= 15 is 0 Å². The Labute approximate surface area is 83.1 Å². The zero-order chi connectivity index (χ0) is 9.59. The first-order chi connectivity index (χ1) is 6.13. The zero-order valence-electron chi connectivity index (χ0n) is 6.12. The van der Waals surface area contributed by atoms with E-state index in [1.807, 2.05) is 0 Å². The molecule has 0 N–H and O–H groups in total. The number of halogens is 2. The zero-order valence-corrected chi connectivity index (χ0v) is 7.63. The molecule has 0 saturated carbocycles. The van der Waals surface area contributed by atoms with Gasteiger partial charge in [-0.3, -0.25) is 9.59 Å². The number of amidine groups is 1. The number of hydrogen-bond acceptors (Lipinski definition) is 3. The standard InChI is InChI=1S/C7H2Cl2N2O2/c8-4-5(9)7(13)11(6(4)12)3-1-2-10-3/h1-2H. The number of aliphatic imine (C=N–C) groups is 1. The Bertz CT molecular complexity index is 385. The monoisotopic (exact) mass is 216 g/mol. The maximum absolute atomic E-state index is 11.3. The highest BCUT2D eigenvalue weighted by molar-refractivity contribution is 6.60. The van der Waals surface area contributed by atoms with Crippen molar-refractivity contribution in [3.8, 4) is 0 Å². The molecule has 0 aliphatic carbocycles. The van der Waals surface area contributed by atoms with E-state index in [9.17, 15) is 9.59 Å². The number of amides is 2. The molecule has 2 aliphatic rings. The molecule has 0 radical (unpaired) electrons. The lowest BCUT2D eigenvalue weighted by Crippen LogP contribution is -2.37. The molecule has 0 aromatic rings. The molecule has 0 saturated heterocycles. The quantitative estimate of drug-likeness (QED) is 0.567. The molecule has 0 aromatic heterocycles. The Hall–Kier alpha value is -1.13. The minimum atomic E-state index is -0.625. The summed E-state index contributed by atoms with van der Waals surface area (Å²) in [5, 5.41) is -0.510. The van der Waals surface area contributed by atoms with E-state index in [1.165, 1.54) is 12.3 Å². The lowest BCUT2D eigenvalue weighted by molar-refractivity contribution is -0.132. The van der Waals surface area contributed by atoms with Gasteiger partial charge in [0.05, 0.1) is 0 Å². The summed E-state index contributed by atoms with van der Waals surface area (Å²) < 4.78 is 0. The molecule has 0 unspecified atom stereocenters. The van der Waals surface area contributed by atoms with Crippen molar-refractivity contribution in [2.75, 3.05) is 0 Å². The molecule has 2 amide bonds. The van der Waals surface area contributed by atoms with Crippen molar-refractivity contribution in [2.45, 2.75) is 0 Å². The molecule has 0 fully saturated rings. The van der Waals surface area contributed by atoms with Crippen LogP contribution in [0.2, 0.25) is 0 Å². The number of nitrogens with zero attached hydrogens (tertiary/aromatic N) is 2. The second kappa shape index (κ2) is 2.68. The SMILES string of the molecule is O=C1C(Cl)=C(Cl)C(=O)N1C1=NC=C1. The van der Waals surface area contributed by atoms with E-state index in [0.717, 1.165) is 4.90 Å². The van der Waals surface area contributed by atoms with Crippen LogP contribution in [0.25, 0.3) is 0 Å². The van der Waals surface area contributed by atoms with E-state index in [4.69, 9.17) is 23.2 Å². The van der Waals surface area contributed by atoms with Gasteiger partial charge >= 0.3 is 0 Å². The second-order valence-electron chi connectivity index (χ2n) is 2.38. The number of hydrogen-bond donors (Lipinski definition) is 0. The molecule has 0 atom stereocenters.